The van der Waals surface area contributed by atoms with Crippen LogP contribution in [0.4, 0.5) is 0 Å². The SMILES string of the molecule is CC1(C)OB(c2cccc3oc4cc(-c5ccccc5)ccc4c23)OC1(C)C.Clc1nc(-c2ccccc2)nc(-c2cccc3oc4cc(-c5ccccc5)ccc4c23)n1.Clc1nc(Cl)nc(-c2ccccc2)n1. The van der Waals surface area contributed by atoms with Crippen molar-refractivity contribution in [2.24, 2.45) is 0 Å². The first-order valence-electron chi connectivity index (χ1n) is 23.8. The van der Waals surface area contributed by atoms with E-state index >= 15 is 0 Å². The van der Waals surface area contributed by atoms with E-state index < -0.39 is 7.12 Å². The minimum atomic E-state index is -0.414. The van der Waals surface area contributed by atoms with E-state index in [2.05, 4.69) is 131 Å². The average Bonchev–Trinajstić information content (AvgIpc) is 4.06. The Morgan fingerprint density at radius 2 is 0.757 bits per heavy atom. The predicted octanol–water partition coefficient (Wildman–Crippen LogP) is 15.8. The van der Waals surface area contributed by atoms with E-state index in [1.165, 1.54) is 5.56 Å². The summed E-state index contributed by atoms with van der Waals surface area (Å²) in [4.78, 5) is 25.1. The van der Waals surface area contributed by atoms with Crippen molar-refractivity contribution in [1.29, 1.82) is 0 Å². The molecule has 1 aliphatic rings. The Morgan fingerprint density at radius 3 is 1.26 bits per heavy atom. The number of halogens is 3. The standard InChI is InChI=1S/C27H16ClN3O.C24H23BO3.C9H5Cl2N3/c28-27-30-25(18-10-5-2-6-11-18)29-26(31-27)21-12-7-13-22-24(21)20-15-14-19(16-23(20)32-22)17-8-3-1-4-9-17;1-23(2)24(3,4)28-25(27-23)19-11-8-12-20-22(19)18-14-13-17(15-21(18)26-20)16-9-6-5-7-10-16;10-8-12-7(13-9(11)14-8)6-4-2-1-3-5-6/h1-16H;5-15H,1-4H3;1-5H. The second-order valence-corrected chi connectivity index (χ2v) is 19.5. The molecule has 1 fully saturated rings. The fraction of sp³-hybridized carbons (Fsp3) is 0.100. The van der Waals surface area contributed by atoms with Crippen LogP contribution in [0.5, 0.6) is 0 Å². The van der Waals surface area contributed by atoms with E-state index in [1.807, 2.05) is 115 Å². The Labute approximate surface area is 442 Å². The summed E-state index contributed by atoms with van der Waals surface area (Å²) in [5.41, 5.74) is 10.8. The molecule has 0 saturated carbocycles. The van der Waals surface area contributed by atoms with Crippen molar-refractivity contribution in [2.75, 3.05) is 0 Å². The summed E-state index contributed by atoms with van der Waals surface area (Å²) in [6.45, 7) is 8.30. The predicted molar refractivity (Wildman–Crippen MR) is 299 cm³/mol. The van der Waals surface area contributed by atoms with E-state index in [-0.39, 0.29) is 27.1 Å². The molecular weight excluding hydrogens is 986 g/mol. The Kier molecular flexibility index (Phi) is 13.3. The van der Waals surface area contributed by atoms with Gasteiger partial charge < -0.3 is 18.1 Å². The molecule has 0 atom stereocenters. The second kappa shape index (κ2) is 20.3. The van der Waals surface area contributed by atoms with Crippen molar-refractivity contribution < 1.29 is 18.1 Å². The van der Waals surface area contributed by atoms with Gasteiger partial charge in [0.25, 0.3) is 0 Å². The van der Waals surface area contributed by atoms with Crippen LogP contribution in [-0.2, 0) is 9.31 Å². The van der Waals surface area contributed by atoms with Crippen molar-refractivity contribution in [3.8, 4) is 56.4 Å². The molecular formula is C60H44BCl3N6O4. The Bertz CT molecular complexity index is 3940. The molecule has 0 unspecified atom stereocenters. The number of nitrogens with zero attached hydrogens (tertiary/aromatic N) is 6. The third-order valence-electron chi connectivity index (χ3n) is 13.2. The summed E-state index contributed by atoms with van der Waals surface area (Å²) in [6.07, 6.45) is 0. The topological polar surface area (TPSA) is 122 Å². The molecule has 1 saturated heterocycles. The van der Waals surface area contributed by atoms with Gasteiger partial charge in [0.15, 0.2) is 17.5 Å². The lowest BCUT2D eigenvalue weighted by molar-refractivity contribution is 0.00578. The molecule has 1 aliphatic heterocycles. The molecule has 4 aromatic heterocycles. The van der Waals surface area contributed by atoms with Crippen molar-refractivity contribution in [3.05, 3.63) is 210 Å². The van der Waals surface area contributed by atoms with Crippen molar-refractivity contribution in [1.82, 2.24) is 29.9 Å². The van der Waals surface area contributed by atoms with Gasteiger partial charge in [0.05, 0.1) is 11.2 Å². The molecule has 0 spiro atoms. The fourth-order valence-electron chi connectivity index (χ4n) is 8.88. The number of furan rings is 2. The molecule has 74 heavy (non-hydrogen) atoms. The highest BCUT2D eigenvalue weighted by atomic mass is 35.5. The highest BCUT2D eigenvalue weighted by molar-refractivity contribution is 6.66. The molecule has 0 bridgehead atoms. The zero-order valence-corrected chi connectivity index (χ0v) is 42.8. The smallest absolute Gasteiger partial charge is 0.456 e. The molecule has 0 N–H and O–H groups in total. The minimum Gasteiger partial charge on any atom is -0.456 e. The summed E-state index contributed by atoms with van der Waals surface area (Å²) < 4.78 is 25.0. The van der Waals surface area contributed by atoms with Crippen LogP contribution in [0.1, 0.15) is 27.7 Å². The zero-order valence-electron chi connectivity index (χ0n) is 40.5. The van der Waals surface area contributed by atoms with Gasteiger partial charge in [-0.2, -0.15) is 24.9 Å². The van der Waals surface area contributed by atoms with Crippen LogP contribution in [0.15, 0.2) is 203 Å². The summed E-state index contributed by atoms with van der Waals surface area (Å²) in [5.74, 6) is 1.54. The highest BCUT2D eigenvalue weighted by Crippen LogP contribution is 2.40. The number of fused-ring (bicyclic) bond motifs is 6. The Hall–Kier alpha value is -7.77. The highest BCUT2D eigenvalue weighted by Gasteiger charge is 2.52. The molecule has 10 nitrogen and oxygen atoms in total. The minimum absolute atomic E-state index is 0.101. The fourth-order valence-corrected chi connectivity index (χ4v) is 9.40. The van der Waals surface area contributed by atoms with Crippen LogP contribution in [0.3, 0.4) is 0 Å². The largest absolute Gasteiger partial charge is 0.495 e. The van der Waals surface area contributed by atoms with Crippen molar-refractivity contribution in [3.63, 3.8) is 0 Å². The van der Waals surface area contributed by atoms with E-state index in [0.29, 0.717) is 17.5 Å². The molecule has 362 valence electrons. The maximum absolute atomic E-state index is 6.31. The number of hydrogen-bond donors (Lipinski definition) is 0. The lowest BCUT2D eigenvalue weighted by atomic mass is 9.76. The van der Waals surface area contributed by atoms with Gasteiger partial charge in [0.1, 0.15) is 22.3 Å². The maximum Gasteiger partial charge on any atom is 0.495 e. The average molecular weight is 1030 g/mol. The Balaban J connectivity index is 0.000000128. The number of rotatable bonds is 6. The van der Waals surface area contributed by atoms with Gasteiger partial charge >= 0.3 is 7.12 Å². The second-order valence-electron chi connectivity index (χ2n) is 18.5. The van der Waals surface area contributed by atoms with Gasteiger partial charge in [0.2, 0.25) is 15.9 Å². The van der Waals surface area contributed by atoms with E-state index in [1.54, 1.807) is 0 Å². The van der Waals surface area contributed by atoms with Gasteiger partial charge in [-0.1, -0.05) is 158 Å². The number of hydrogen-bond acceptors (Lipinski definition) is 10. The van der Waals surface area contributed by atoms with E-state index in [9.17, 15) is 0 Å². The molecule has 0 radical (unpaired) electrons. The van der Waals surface area contributed by atoms with Crippen molar-refractivity contribution >= 4 is 91.3 Å². The van der Waals surface area contributed by atoms with Gasteiger partial charge in [-0.25, -0.2) is 4.98 Å². The molecule has 5 heterocycles. The van der Waals surface area contributed by atoms with Crippen LogP contribution in [0, 0.1) is 0 Å². The van der Waals surface area contributed by atoms with E-state index in [0.717, 1.165) is 82.7 Å². The van der Waals surface area contributed by atoms with Crippen molar-refractivity contribution in [2.45, 2.75) is 38.9 Å². The summed E-state index contributed by atoms with van der Waals surface area (Å²) in [5, 5.41) is 4.48. The van der Waals surface area contributed by atoms with Gasteiger partial charge in [-0.3, -0.25) is 0 Å². The van der Waals surface area contributed by atoms with Crippen LogP contribution < -0.4 is 5.46 Å². The van der Waals surface area contributed by atoms with E-state index in [4.69, 9.17) is 57.9 Å². The van der Waals surface area contributed by atoms with Crippen LogP contribution in [-0.4, -0.2) is 48.2 Å². The van der Waals surface area contributed by atoms with Crippen LogP contribution in [0.2, 0.25) is 15.9 Å². The van der Waals surface area contributed by atoms with Gasteiger partial charge in [-0.15, -0.1) is 0 Å². The lowest BCUT2D eigenvalue weighted by Gasteiger charge is -2.32. The Morgan fingerprint density at radius 1 is 0.351 bits per heavy atom. The van der Waals surface area contributed by atoms with Gasteiger partial charge in [-0.05, 0) is 127 Å². The molecule has 0 amide bonds. The zero-order chi connectivity index (χ0) is 51.0. The quantitative estimate of drug-likeness (QED) is 0.149. The molecule has 8 aromatic carbocycles. The normalized spacial score (nSPS) is 13.7. The molecule has 0 aliphatic carbocycles. The first-order valence-corrected chi connectivity index (χ1v) is 25.0. The molecule has 12 aromatic rings. The molecule has 14 heteroatoms. The van der Waals surface area contributed by atoms with Crippen LogP contribution >= 0.6 is 34.8 Å². The maximum atomic E-state index is 6.31. The number of benzene rings is 8. The summed E-state index contributed by atoms with van der Waals surface area (Å²) in [6, 6.07) is 64.4. The lowest BCUT2D eigenvalue weighted by Crippen LogP contribution is -2.41. The van der Waals surface area contributed by atoms with Crippen LogP contribution in [0.25, 0.3) is 100 Å². The number of aromatic nitrogens is 6. The summed E-state index contributed by atoms with van der Waals surface area (Å²) in [7, 11) is -0.414. The third kappa shape index (κ3) is 9.88. The molecule has 13 rings (SSSR count). The summed E-state index contributed by atoms with van der Waals surface area (Å²) >= 11 is 17.6. The van der Waals surface area contributed by atoms with Gasteiger partial charge in [0, 0.05) is 38.2 Å². The first kappa shape index (κ1) is 48.5. The monoisotopic (exact) mass is 1030 g/mol. The first-order chi connectivity index (χ1) is 35.9. The third-order valence-corrected chi connectivity index (χ3v) is 13.7.